The van der Waals surface area contributed by atoms with Crippen molar-refractivity contribution in [3.05, 3.63) is 47.8 Å². The molecule has 0 spiro atoms. The Hall–Kier alpha value is -1.61. The highest BCUT2D eigenvalue weighted by molar-refractivity contribution is 5.29. The summed E-state index contributed by atoms with van der Waals surface area (Å²) in [6, 6.07) is 8.98. The smallest absolute Gasteiger partial charge is 0.0500 e. The van der Waals surface area contributed by atoms with Gasteiger partial charge in [-0.15, -0.1) is 0 Å². The summed E-state index contributed by atoms with van der Waals surface area (Å²) in [5, 5.41) is 3.62. The summed E-state index contributed by atoms with van der Waals surface area (Å²) >= 11 is 0. The number of hydrogen-bond acceptors (Lipinski definition) is 3. The molecule has 1 aromatic carbocycles. The summed E-state index contributed by atoms with van der Waals surface area (Å²) in [6.45, 7) is 8.77. The number of rotatable bonds is 3. The van der Waals surface area contributed by atoms with Crippen molar-refractivity contribution >= 4 is 6.72 Å². The van der Waals surface area contributed by atoms with Crippen molar-refractivity contribution in [2.24, 2.45) is 4.99 Å². The van der Waals surface area contributed by atoms with Gasteiger partial charge < -0.3 is 10.2 Å². The minimum atomic E-state index is 0.392. The highest BCUT2D eigenvalue weighted by Gasteiger charge is 2.18. The second kappa shape index (κ2) is 6.36. The topological polar surface area (TPSA) is 27.6 Å². The summed E-state index contributed by atoms with van der Waals surface area (Å²) in [6.07, 6.45) is 4.95. The molecule has 1 saturated heterocycles. The molecule has 1 aliphatic heterocycles. The van der Waals surface area contributed by atoms with E-state index in [0.29, 0.717) is 6.04 Å². The molecule has 3 heteroatoms. The number of benzene rings is 1. The van der Waals surface area contributed by atoms with E-state index in [-0.39, 0.29) is 0 Å². The molecule has 0 amide bonds. The lowest BCUT2D eigenvalue weighted by Gasteiger charge is -2.24. The van der Waals surface area contributed by atoms with Gasteiger partial charge in [-0.2, -0.15) is 0 Å². The van der Waals surface area contributed by atoms with E-state index in [4.69, 9.17) is 0 Å². The normalized spacial score (nSPS) is 20.9. The summed E-state index contributed by atoms with van der Waals surface area (Å²) in [5.41, 5.74) is 2.74. The van der Waals surface area contributed by atoms with Gasteiger partial charge in [0.15, 0.2) is 0 Å². The maximum absolute atomic E-state index is 3.78. The van der Waals surface area contributed by atoms with Gasteiger partial charge in [0.2, 0.25) is 0 Å². The van der Waals surface area contributed by atoms with Crippen LogP contribution < -0.4 is 5.32 Å². The van der Waals surface area contributed by atoms with Crippen molar-refractivity contribution in [1.82, 2.24) is 10.2 Å². The monoisotopic (exact) mass is 243 g/mol. The van der Waals surface area contributed by atoms with E-state index in [1.54, 1.807) is 6.20 Å². The van der Waals surface area contributed by atoms with Gasteiger partial charge in [-0.1, -0.05) is 24.3 Å². The molecule has 3 nitrogen and oxygen atoms in total. The molecule has 1 aromatic rings. The molecule has 1 heterocycles. The van der Waals surface area contributed by atoms with E-state index in [0.717, 1.165) is 26.1 Å². The second-order valence-electron chi connectivity index (χ2n) is 4.69. The predicted octanol–water partition coefficient (Wildman–Crippen LogP) is 2.50. The summed E-state index contributed by atoms with van der Waals surface area (Å²) in [5.74, 6) is 0. The lowest BCUT2D eigenvalue weighted by molar-refractivity contribution is 0.363. The van der Waals surface area contributed by atoms with Crippen molar-refractivity contribution in [2.45, 2.75) is 19.4 Å². The Morgan fingerprint density at radius 1 is 1.44 bits per heavy atom. The molecular weight excluding hydrogens is 222 g/mol. The van der Waals surface area contributed by atoms with Crippen LogP contribution in [-0.4, -0.2) is 31.3 Å². The Balaban J connectivity index is 2.14. The van der Waals surface area contributed by atoms with Gasteiger partial charge in [-0.3, -0.25) is 4.99 Å². The quantitative estimate of drug-likeness (QED) is 0.826. The molecule has 1 atom stereocenters. The first-order chi connectivity index (χ1) is 8.81. The van der Waals surface area contributed by atoms with Crippen LogP contribution in [0.1, 0.15) is 23.6 Å². The fourth-order valence-electron chi connectivity index (χ4n) is 2.41. The molecule has 96 valence electrons. The van der Waals surface area contributed by atoms with Gasteiger partial charge in [-0.25, -0.2) is 0 Å². The van der Waals surface area contributed by atoms with Crippen LogP contribution in [0.4, 0.5) is 0 Å². The third-order valence-electron chi connectivity index (χ3n) is 3.38. The number of hydrogen-bond donors (Lipinski definition) is 1. The first-order valence-corrected chi connectivity index (χ1v) is 6.46. The minimum Gasteiger partial charge on any atom is -0.374 e. The number of aliphatic imine (C=N–C) groups is 1. The third-order valence-corrected chi connectivity index (χ3v) is 3.38. The highest BCUT2D eigenvalue weighted by atomic mass is 15.2. The fraction of sp³-hybridized carbons (Fsp3) is 0.400. The van der Waals surface area contributed by atoms with Crippen LogP contribution in [0.2, 0.25) is 0 Å². The van der Waals surface area contributed by atoms with Crippen LogP contribution in [0.3, 0.4) is 0 Å². The third kappa shape index (κ3) is 3.20. The minimum absolute atomic E-state index is 0.392. The lowest BCUT2D eigenvalue weighted by atomic mass is 10.0. The second-order valence-corrected chi connectivity index (χ2v) is 4.69. The molecular formula is C15H21N3. The van der Waals surface area contributed by atoms with Crippen LogP contribution in [0.5, 0.6) is 0 Å². The van der Waals surface area contributed by atoms with Crippen LogP contribution >= 0.6 is 0 Å². The summed E-state index contributed by atoms with van der Waals surface area (Å²) in [7, 11) is 0. The SMILES string of the molecule is C=N/C=C\N1CCCNC(c2ccccc2C)C1. The standard InChI is InChI=1S/C15H21N3/c1-13-6-3-4-7-14(13)15-12-18(11-9-16-2)10-5-8-17-15/h3-4,6-7,9,11,15,17H,2,5,8,10,12H2,1H3/b11-9-. The molecule has 0 aliphatic carbocycles. The van der Waals surface area contributed by atoms with E-state index < -0.39 is 0 Å². The first kappa shape index (κ1) is 12.8. The molecule has 1 unspecified atom stereocenters. The summed E-state index contributed by atoms with van der Waals surface area (Å²) in [4.78, 5) is 6.09. The first-order valence-electron chi connectivity index (χ1n) is 6.46. The average molecular weight is 243 g/mol. The van der Waals surface area contributed by atoms with Crippen LogP contribution in [0.15, 0.2) is 41.7 Å². The zero-order valence-corrected chi connectivity index (χ0v) is 11.0. The van der Waals surface area contributed by atoms with Gasteiger partial charge in [0.05, 0.1) is 6.04 Å². The van der Waals surface area contributed by atoms with E-state index >= 15 is 0 Å². The van der Waals surface area contributed by atoms with Gasteiger partial charge >= 0.3 is 0 Å². The van der Waals surface area contributed by atoms with Crippen molar-refractivity contribution in [2.75, 3.05) is 19.6 Å². The predicted molar refractivity (Wildman–Crippen MR) is 76.8 cm³/mol. The Labute approximate surface area is 109 Å². The Bertz CT molecular complexity index is 426. The van der Waals surface area contributed by atoms with Crippen molar-refractivity contribution in [3.8, 4) is 0 Å². The van der Waals surface area contributed by atoms with Crippen LogP contribution in [0.25, 0.3) is 0 Å². The van der Waals surface area contributed by atoms with Gasteiger partial charge in [0.1, 0.15) is 0 Å². The van der Waals surface area contributed by atoms with Crippen molar-refractivity contribution < 1.29 is 0 Å². The Morgan fingerprint density at radius 2 is 2.28 bits per heavy atom. The van der Waals surface area contributed by atoms with E-state index in [2.05, 4.69) is 53.1 Å². The number of nitrogens with one attached hydrogen (secondary N) is 1. The molecule has 0 aromatic heterocycles. The lowest BCUT2D eigenvalue weighted by Crippen LogP contribution is -2.28. The number of aryl methyl sites for hydroxylation is 1. The van der Waals surface area contributed by atoms with Crippen molar-refractivity contribution in [1.29, 1.82) is 0 Å². The van der Waals surface area contributed by atoms with E-state index in [9.17, 15) is 0 Å². The average Bonchev–Trinajstić information content (AvgIpc) is 2.62. The molecule has 18 heavy (non-hydrogen) atoms. The highest BCUT2D eigenvalue weighted by Crippen LogP contribution is 2.20. The largest absolute Gasteiger partial charge is 0.374 e. The summed E-state index contributed by atoms with van der Waals surface area (Å²) < 4.78 is 0. The molecule has 1 fully saturated rings. The Kier molecular flexibility index (Phi) is 4.53. The maximum atomic E-state index is 3.78. The molecule has 1 aliphatic rings. The van der Waals surface area contributed by atoms with Crippen LogP contribution in [0, 0.1) is 6.92 Å². The molecule has 0 radical (unpaired) electrons. The Morgan fingerprint density at radius 3 is 3.06 bits per heavy atom. The van der Waals surface area contributed by atoms with Gasteiger partial charge in [-0.05, 0) is 37.7 Å². The molecule has 1 N–H and O–H groups in total. The van der Waals surface area contributed by atoms with Gasteiger partial charge in [0.25, 0.3) is 0 Å². The van der Waals surface area contributed by atoms with Crippen molar-refractivity contribution in [3.63, 3.8) is 0 Å². The van der Waals surface area contributed by atoms with Crippen LogP contribution in [-0.2, 0) is 0 Å². The maximum Gasteiger partial charge on any atom is 0.0500 e. The molecule has 2 rings (SSSR count). The van der Waals surface area contributed by atoms with Gasteiger partial charge in [0, 0.05) is 25.5 Å². The van der Waals surface area contributed by atoms with E-state index in [1.807, 2.05) is 6.20 Å². The number of nitrogens with zero attached hydrogens (tertiary/aromatic N) is 2. The van der Waals surface area contributed by atoms with E-state index in [1.165, 1.54) is 11.1 Å². The molecule has 0 saturated carbocycles. The zero-order chi connectivity index (χ0) is 12.8. The zero-order valence-electron chi connectivity index (χ0n) is 11.0. The molecule has 0 bridgehead atoms. The fourth-order valence-corrected chi connectivity index (χ4v) is 2.41.